The molecule has 0 bridgehead atoms. The summed E-state index contributed by atoms with van der Waals surface area (Å²) in [6, 6.07) is -0.210. The van der Waals surface area contributed by atoms with E-state index < -0.39 is 0 Å². The van der Waals surface area contributed by atoms with Gasteiger partial charge in [-0.3, -0.25) is 10.4 Å². The molecule has 13 heavy (non-hydrogen) atoms. The van der Waals surface area contributed by atoms with Crippen molar-refractivity contribution in [1.82, 2.24) is 15.1 Å². The van der Waals surface area contributed by atoms with Gasteiger partial charge < -0.3 is 10.6 Å². The maximum absolute atomic E-state index is 11.3. The SMILES string of the molecule is CCN(C)C(=O)Nc1[nH]ncc1N. The fourth-order valence-electron chi connectivity index (χ4n) is 0.742. The summed E-state index contributed by atoms with van der Waals surface area (Å²) in [4.78, 5) is 12.8. The van der Waals surface area contributed by atoms with Crippen molar-refractivity contribution in [3.05, 3.63) is 6.20 Å². The van der Waals surface area contributed by atoms with Crippen LogP contribution in [0.3, 0.4) is 0 Å². The van der Waals surface area contributed by atoms with E-state index in [1.807, 2.05) is 6.92 Å². The van der Waals surface area contributed by atoms with Crippen LogP contribution in [0.1, 0.15) is 6.92 Å². The molecule has 0 saturated carbocycles. The van der Waals surface area contributed by atoms with Crippen LogP contribution in [-0.4, -0.2) is 34.7 Å². The molecule has 0 aliphatic rings. The number of aromatic nitrogens is 2. The van der Waals surface area contributed by atoms with Crippen LogP contribution in [0.2, 0.25) is 0 Å². The molecule has 2 amide bonds. The Morgan fingerprint density at radius 1 is 1.85 bits per heavy atom. The predicted molar refractivity (Wildman–Crippen MR) is 50.3 cm³/mol. The number of carbonyl (C=O) groups excluding carboxylic acids is 1. The lowest BCUT2D eigenvalue weighted by atomic mass is 10.5. The van der Waals surface area contributed by atoms with E-state index in [4.69, 9.17) is 5.73 Å². The monoisotopic (exact) mass is 183 g/mol. The van der Waals surface area contributed by atoms with Gasteiger partial charge in [0.15, 0.2) is 5.82 Å². The van der Waals surface area contributed by atoms with Crippen LogP contribution in [-0.2, 0) is 0 Å². The quantitative estimate of drug-likeness (QED) is 0.623. The number of rotatable bonds is 2. The summed E-state index contributed by atoms with van der Waals surface area (Å²) in [6.45, 7) is 2.52. The van der Waals surface area contributed by atoms with E-state index in [2.05, 4.69) is 15.5 Å². The Kier molecular flexibility index (Phi) is 2.73. The maximum Gasteiger partial charge on any atom is 0.322 e. The number of urea groups is 1. The van der Waals surface area contributed by atoms with Gasteiger partial charge in [-0.25, -0.2) is 4.79 Å². The molecule has 1 rings (SSSR count). The molecule has 0 fully saturated rings. The summed E-state index contributed by atoms with van der Waals surface area (Å²) in [5.74, 6) is 0.435. The number of H-pyrrole nitrogens is 1. The molecular formula is C7H13N5O. The fraction of sp³-hybridized carbons (Fsp3) is 0.429. The van der Waals surface area contributed by atoms with Crippen molar-refractivity contribution in [3.63, 3.8) is 0 Å². The first kappa shape index (κ1) is 9.37. The number of anilines is 2. The Bertz CT molecular complexity index is 295. The van der Waals surface area contributed by atoms with Crippen molar-refractivity contribution in [2.24, 2.45) is 0 Å². The van der Waals surface area contributed by atoms with Crippen molar-refractivity contribution in [2.75, 3.05) is 24.6 Å². The van der Waals surface area contributed by atoms with E-state index in [-0.39, 0.29) is 6.03 Å². The minimum atomic E-state index is -0.210. The highest BCUT2D eigenvalue weighted by molar-refractivity contribution is 5.90. The Labute approximate surface area is 76.1 Å². The van der Waals surface area contributed by atoms with Gasteiger partial charge in [0, 0.05) is 13.6 Å². The first-order valence-corrected chi connectivity index (χ1v) is 3.96. The summed E-state index contributed by atoms with van der Waals surface area (Å²) in [6.07, 6.45) is 1.45. The Hall–Kier alpha value is -1.72. The molecule has 0 radical (unpaired) electrons. The lowest BCUT2D eigenvalue weighted by Gasteiger charge is -2.14. The van der Waals surface area contributed by atoms with Crippen LogP contribution in [0.25, 0.3) is 0 Å². The molecule has 0 aromatic carbocycles. The Morgan fingerprint density at radius 2 is 2.54 bits per heavy atom. The number of nitrogens with zero attached hydrogens (tertiary/aromatic N) is 2. The first-order chi connectivity index (χ1) is 6.15. The third kappa shape index (κ3) is 2.11. The summed E-state index contributed by atoms with van der Waals surface area (Å²) in [5.41, 5.74) is 5.93. The standard InChI is InChI=1S/C7H13N5O/c1-3-12(2)7(13)10-6-5(8)4-9-11-6/h4H,3,8H2,1-2H3,(H2,9,10,11,13). The summed E-state index contributed by atoms with van der Waals surface area (Å²) >= 11 is 0. The average molecular weight is 183 g/mol. The second-order valence-corrected chi connectivity index (χ2v) is 2.64. The normalized spacial score (nSPS) is 9.69. The molecule has 1 aromatic heterocycles. The number of carbonyl (C=O) groups is 1. The Morgan fingerprint density at radius 3 is 3.00 bits per heavy atom. The van der Waals surface area contributed by atoms with Gasteiger partial charge in [-0.15, -0.1) is 0 Å². The number of aromatic amines is 1. The van der Waals surface area contributed by atoms with Crippen LogP contribution in [0.4, 0.5) is 16.3 Å². The van der Waals surface area contributed by atoms with Crippen LogP contribution in [0.5, 0.6) is 0 Å². The zero-order chi connectivity index (χ0) is 9.84. The molecule has 6 heteroatoms. The summed E-state index contributed by atoms with van der Waals surface area (Å²) in [5, 5.41) is 8.84. The molecule has 6 nitrogen and oxygen atoms in total. The predicted octanol–water partition coefficient (Wildman–Crippen LogP) is 0.475. The number of nitrogen functional groups attached to an aromatic ring is 1. The molecule has 1 heterocycles. The molecule has 0 saturated heterocycles. The molecule has 1 aromatic rings. The number of nitrogens with two attached hydrogens (primary N) is 1. The third-order valence-electron chi connectivity index (χ3n) is 1.72. The molecule has 0 atom stereocenters. The largest absolute Gasteiger partial charge is 0.394 e. The highest BCUT2D eigenvalue weighted by atomic mass is 16.2. The van der Waals surface area contributed by atoms with Crippen molar-refractivity contribution in [3.8, 4) is 0 Å². The van der Waals surface area contributed by atoms with Crippen molar-refractivity contribution in [1.29, 1.82) is 0 Å². The average Bonchev–Trinajstić information content (AvgIpc) is 2.50. The van der Waals surface area contributed by atoms with Gasteiger partial charge in [-0.05, 0) is 6.92 Å². The van der Waals surface area contributed by atoms with Gasteiger partial charge >= 0.3 is 6.03 Å². The minimum absolute atomic E-state index is 0.210. The summed E-state index contributed by atoms with van der Waals surface area (Å²) in [7, 11) is 1.70. The molecule has 72 valence electrons. The molecule has 0 spiro atoms. The van der Waals surface area contributed by atoms with Gasteiger partial charge in [0.05, 0.1) is 11.9 Å². The topological polar surface area (TPSA) is 87.0 Å². The minimum Gasteiger partial charge on any atom is -0.394 e. The van der Waals surface area contributed by atoms with Crippen molar-refractivity contribution in [2.45, 2.75) is 6.92 Å². The molecule has 0 unspecified atom stereocenters. The highest BCUT2D eigenvalue weighted by Crippen LogP contribution is 2.12. The second-order valence-electron chi connectivity index (χ2n) is 2.64. The Balaban J connectivity index is 2.60. The van der Waals surface area contributed by atoms with E-state index in [0.29, 0.717) is 18.1 Å². The van der Waals surface area contributed by atoms with E-state index in [0.717, 1.165) is 0 Å². The van der Waals surface area contributed by atoms with Gasteiger partial charge in [-0.1, -0.05) is 0 Å². The second kappa shape index (κ2) is 3.79. The van der Waals surface area contributed by atoms with Gasteiger partial charge in [-0.2, -0.15) is 5.10 Å². The molecule has 0 aliphatic carbocycles. The highest BCUT2D eigenvalue weighted by Gasteiger charge is 2.08. The number of amides is 2. The number of nitrogens with one attached hydrogen (secondary N) is 2. The molecule has 0 aliphatic heterocycles. The molecular weight excluding hydrogens is 170 g/mol. The number of hydrogen-bond donors (Lipinski definition) is 3. The lowest BCUT2D eigenvalue weighted by Crippen LogP contribution is -2.31. The van der Waals surface area contributed by atoms with Gasteiger partial charge in [0.25, 0.3) is 0 Å². The van der Waals surface area contributed by atoms with Gasteiger partial charge in [0.2, 0.25) is 0 Å². The van der Waals surface area contributed by atoms with Crippen molar-refractivity contribution >= 4 is 17.5 Å². The van der Waals surface area contributed by atoms with Gasteiger partial charge in [0.1, 0.15) is 0 Å². The van der Waals surface area contributed by atoms with Crippen LogP contribution in [0, 0.1) is 0 Å². The smallest absolute Gasteiger partial charge is 0.322 e. The van der Waals surface area contributed by atoms with Crippen molar-refractivity contribution < 1.29 is 4.79 Å². The zero-order valence-corrected chi connectivity index (χ0v) is 7.66. The first-order valence-electron chi connectivity index (χ1n) is 3.96. The van der Waals surface area contributed by atoms with Crippen LogP contribution in [0.15, 0.2) is 6.20 Å². The summed E-state index contributed by atoms with van der Waals surface area (Å²) < 4.78 is 0. The molecule has 4 N–H and O–H groups in total. The lowest BCUT2D eigenvalue weighted by molar-refractivity contribution is 0.224. The van der Waals surface area contributed by atoms with E-state index in [1.54, 1.807) is 7.05 Å². The van der Waals surface area contributed by atoms with E-state index in [9.17, 15) is 4.79 Å². The third-order valence-corrected chi connectivity index (χ3v) is 1.72. The van der Waals surface area contributed by atoms with E-state index in [1.165, 1.54) is 11.1 Å². The zero-order valence-electron chi connectivity index (χ0n) is 7.66. The fourth-order valence-corrected chi connectivity index (χ4v) is 0.742. The number of hydrogen-bond acceptors (Lipinski definition) is 3. The van der Waals surface area contributed by atoms with Crippen LogP contribution < -0.4 is 11.1 Å². The van der Waals surface area contributed by atoms with Crippen LogP contribution >= 0.6 is 0 Å². The maximum atomic E-state index is 11.3. The van der Waals surface area contributed by atoms with E-state index >= 15 is 0 Å².